The molecule has 0 radical (unpaired) electrons. The molecule has 0 bridgehead atoms. The summed E-state index contributed by atoms with van der Waals surface area (Å²) in [5.74, 6) is -1.07. The van der Waals surface area contributed by atoms with Crippen LogP contribution < -0.4 is 0 Å². The van der Waals surface area contributed by atoms with E-state index in [1.165, 1.54) is 13.0 Å². The van der Waals surface area contributed by atoms with E-state index in [1.807, 2.05) is 13.8 Å². The van der Waals surface area contributed by atoms with Gasteiger partial charge in [-0.1, -0.05) is 6.92 Å². The summed E-state index contributed by atoms with van der Waals surface area (Å²) < 4.78 is 1.77. The Morgan fingerprint density at radius 3 is 2.33 bits per heavy atom. The Kier molecular flexibility index (Phi) is 3.29. The van der Waals surface area contributed by atoms with Gasteiger partial charge in [0.1, 0.15) is 0 Å². The van der Waals surface area contributed by atoms with E-state index in [0.717, 1.165) is 5.69 Å². The third-order valence-electron chi connectivity index (χ3n) is 2.45. The van der Waals surface area contributed by atoms with E-state index in [4.69, 9.17) is 5.11 Å². The summed E-state index contributed by atoms with van der Waals surface area (Å²) in [6.45, 7) is 5.85. The molecule has 1 aromatic heterocycles. The molecule has 1 rings (SSSR count). The molecule has 0 aliphatic rings. The van der Waals surface area contributed by atoms with E-state index in [1.54, 1.807) is 4.57 Å². The molecule has 0 unspecified atom stereocenters. The second-order valence-electron chi connectivity index (χ2n) is 3.35. The lowest BCUT2D eigenvalue weighted by atomic mass is 10.2. The number of rotatable bonds is 4. The Morgan fingerprint density at radius 2 is 2.00 bits per heavy atom. The number of carbonyl (C=O) groups is 2. The average molecular weight is 209 g/mol. The predicted octanol–water partition coefficient (Wildman–Crippen LogP) is 1.97. The summed E-state index contributed by atoms with van der Waals surface area (Å²) in [6.07, 6.45) is 0.614. The number of carboxylic acid groups (broad SMARTS) is 1. The molecule has 0 saturated heterocycles. The summed E-state index contributed by atoms with van der Waals surface area (Å²) in [6, 6.07) is 1.47. The van der Waals surface area contributed by atoms with Crippen molar-refractivity contribution in [3.05, 3.63) is 23.0 Å². The minimum absolute atomic E-state index is 0.0981. The standard InChI is InChI=1S/C11H15NO3/c1-4-9-8(11(14)15)6-10(7(3)13)12(9)5-2/h6H,4-5H2,1-3H3,(H,14,15). The molecule has 0 aliphatic heterocycles. The van der Waals surface area contributed by atoms with Gasteiger partial charge in [-0.25, -0.2) is 4.79 Å². The van der Waals surface area contributed by atoms with Gasteiger partial charge in [-0.05, 0) is 19.4 Å². The maximum Gasteiger partial charge on any atom is 0.337 e. The first-order valence-electron chi connectivity index (χ1n) is 4.99. The van der Waals surface area contributed by atoms with Crippen molar-refractivity contribution in [2.24, 2.45) is 0 Å². The highest BCUT2D eigenvalue weighted by Gasteiger charge is 2.19. The van der Waals surface area contributed by atoms with Crippen LogP contribution in [0.2, 0.25) is 0 Å². The van der Waals surface area contributed by atoms with Gasteiger partial charge in [-0.15, -0.1) is 0 Å². The zero-order valence-corrected chi connectivity index (χ0v) is 9.20. The van der Waals surface area contributed by atoms with Crippen LogP contribution in [0.4, 0.5) is 0 Å². The monoisotopic (exact) mass is 209 g/mol. The SMILES string of the molecule is CCc1c(C(=O)O)cc(C(C)=O)n1CC. The Morgan fingerprint density at radius 1 is 1.40 bits per heavy atom. The summed E-state index contributed by atoms with van der Waals surface area (Å²) in [5.41, 5.74) is 1.44. The van der Waals surface area contributed by atoms with Crippen molar-refractivity contribution in [1.82, 2.24) is 4.57 Å². The van der Waals surface area contributed by atoms with Crippen molar-refractivity contribution in [1.29, 1.82) is 0 Å². The highest BCUT2D eigenvalue weighted by atomic mass is 16.4. The van der Waals surface area contributed by atoms with Crippen molar-refractivity contribution >= 4 is 11.8 Å². The van der Waals surface area contributed by atoms with Crippen LogP contribution >= 0.6 is 0 Å². The minimum atomic E-state index is -0.971. The summed E-state index contributed by atoms with van der Waals surface area (Å²) in [5, 5.41) is 8.99. The van der Waals surface area contributed by atoms with Gasteiger partial charge < -0.3 is 9.67 Å². The molecule has 82 valence electrons. The molecule has 1 heterocycles. The van der Waals surface area contributed by atoms with E-state index >= 15 is 0 Å². The van der Waals surface area contributed by atoms with E-state index in [2.05, 4.69) is 0 Å². The molecule has 0 fully saturated rings. The quantitative estimate of drug-likeness (QED) is 0.771. The normalized spacial score (nSPS) is 10.3. The highest BCUT2D eigenvalue weighted by molar-refractivity contribution is 5.97. The van der Waals surface area contributed by atoms with Crippen molar-refractivity contribution < 1.29 is 14.7 Å². The van der Waals surface area contributed by atoms with Crippen LogP contribution in [0.1, 0.15) is 47.3 Å². The maximum absolute atomic E-state index is 11.3. The first-order valence-corrected chi connectivity index (χ1v) is 4.99. The van der Waals surface area contributed by atoms with E-state index in [-0.39, 0.29) is 11.3 Å². The zero-order valence-electron chi connectivity index (χ0n) is 9.20. The average Bonchev–Trinajstić information content (AvgIpc) is 2.55. The fourth-order valence-electron chi connectivity index (χ4n) is 1.81. The van der Waals surface area contributed by atoms with Crippen molar-refractivity contribution in [3.63, 3.8) is 0 Å². The van der Waals surface area contributed by atoms with E-state index in [9.17, 15) is 9.59 Å². The zero-order chi connectivity index (χ0) is 11.6. The van der Waals surface area contributed by atoms with Crippen LogP contribution in [0.25, 0.3) is 0 Å². The number of aromatic carboxylic acids is 1. The van der Waals surface area contributed by atoms with E-state index in [0.29, 0.717) is 18.7 Å². The molecule has 0 amide bonds. The first kappa shape index (κ1) is 11.5. The molecule has 1 N–H and O–H groups in total. The van der Waals surface area contributed by atoms with Gasteiger partial charge in [-0.3, -0.25) is 4.79 Å². The van der Waals surface area contributed by atoms with E-state index < -0.39 is 5.97 Å². The van der Waals surface area contributed by atoms with Crippen LogP contribution in [-0.2, 0) is 13.0 Å². The number of carbonyl (C=O) groups excluding carboxylic acids is 1. The van der Waals surface area contributed by atoms with Crippen molar-refractivity contribution in [3.8, 4) is 0 Å². The Balaban J connectivity index is 3.44. The van der Waals surface area contributed by atoms with Crippen LogP contribution in [0, 0.1) is 0 Å². The number of nitrogens with zero attached hydrogens (tertiary/aromatic N) is 1. The molecule has 0 atom stereocenters. The molecule has 1 aromatic rings. The summed E-state index contributed by atoms with van der Waals surface area (Å²) in [7, 11) is 0. The lowest BCUT2D eigenvalue weighted by Crippen LogP contribution is -2.09. The summed E-state index contributed by atoms with van der Waals surface area (Å²) >= 11 is 0. The molecular formula is C11H15NO3. The second kappa shape index (κ2) is 4.29. The molecule has 0 aliphatic carbocycles. The molecule has 4 heteroatoms. The smallest absolute Gasteiger partial charge is 0.337 e. The number of aromatic nitrogens is 1. The third-order valence-corrected chi connectivity index (χ3v) is 2.45. The van der Waals surface area contributed by atoms with Crippen LogP contribution in [0.5, 0.6) is 0 Å². The molecule has 0 aromatic carbocycles. The Labute approximate surface area is 88.5 Å². The topological polar surface area (TPSA) is 59.3 Å². The number of ketones is 1. The lowest BCUT2D eigenvalue weighted by molar-refractivity contribution is 0.0695. The predicted molar refractivity (Wildman–Crippen MR) is 56.4 cm³/mol. The van der Waals surface area contributed by atoms with Crippen LogP contribution in [-0.4, -0.2) is 21.4 Å². The molecular weight excluding hydrogens is 194 g/mol. The van der Waals surface area contributed by atoms with Crippen molar-refractivity contribution in [2.45, 2.75) is 33.7 Å². The fraction of sp³-hybridized carbons (Fsp3) is 0.455. The van der Waals surface area contributed by atoms with Crippen LogP contribution in [0.15, 0.2) is 6.07 Å². The number of hydrogen-bond acceptors (Lipinski definition) is 2. The minimum Gasteiger partial charge on any atom is -0.478 e. The third kappa shape index (κ3) is 1.93. The molecule has 4 nitrogen and oxygen atoms in total. The molecule has 0 spiro atoms. The van der Waals surface area contributed by atoms with Gasteiger partial charge >= 0.3 is 5.97 Å². The molecule has 0 saturated carbocycles. The fourth-order valence-corrected chi connectivity index (χ4v) is 1.81. The molecule has 15 heavy (non-hydrogen) atoms. The van der Waals surface area contributed by atoms with Gasteiger partial charge in [0.2, 0.25) is 0 Å². The Bertz CT molecular complexity index is 368. The van der Waals surface area contributed by atoms with Gasteiger partial charge in [0.25, 0.3) is 0 Å². The van der Waals surface area contributed by atoms with Gasteiger partial charge in [0.05, 0.1) is 11.3 Å². The van der Waals surface area contributed by atoms with Crippen LogP contribution in [0.3, 0.4) is 0 Å². The largest absolute Gasteiger partial charge is 0.478 e. The Hall–Kier alpha value is -1.58. The number of carboxylic acids is 1. The maximum atomic E-state index is 11.3. The van der Waals surface area contributed by atoms with Gasteiger partial charge in [-0.2, -0.15) is 0 Å². The summed E-state index contributed by atoms with van der Waals surface area (Å²) in [4.78, 5) is 22.3. The number of Topliss-reactive ketones (excluding diaryl/α,β-unsaturated/α-hetero) is 1. The first-order chi connectivity index (χ1) is 7.02. The number of hydrogen-bond donors (Lipinski definition) is 1. The van der Waals surface area contributed by atoms with Gasteiger partial charge in [0.15, 0.2) is 5.78 Å². The van der Waals surface area contributed by atoms with Gasteiger partial charge in [0, 0.05) is 19.2 Å². The highest BCUT2D eigenvalue weighted by Crippen LogP contribution is 2.17. The van der Waals surface area contributed by atoms with Crippen molar-refractivity contribution in [2.75, 3.05) is 0 Å². The lowest BCUT2D eigenvalue weighted by Gasteiger charge is -2.07. The second-order valence-corrected chi connectivity index (χ2v) is 3.35.